The Morgan fingerprint density at radius 1 is 1.30 bits per heavy atom. The van der Waals surface area contributed by atoms with Gasteiger partial charge in [0.05, 0.1) is 18.7 Å². The molecule has 2 aromatic rings. The van der Waals surface area contributed by atoms with Gasteiger partial charge >= 0.3 is 5.97 Å². The molecule has 0 fully saturated rings. The fourth-order valence-corrected chi connectivity index (χ4v) is 2.69. The number of carbonyl (C=O) groups excluding carboxylic acids is 2. The van der Waals surface area contributed by atoms with E-state index in [2.05, 4.69) is 15.3 Å². The topological polar surface area (TPSA) is 81.2 Å². The summed E-state index contributed by atoms with van der Waals surface area (Å²) in [5.41, 5.74) is 1.59. The number of aromatic nitrogens is 2. The van der Waals surface area contributed by atoms with E-state index in [9.17, 15) is 9.59 Å². The van der Waals surface area contributed by atoms with E-state index in [0.29, 0.717) is 23.9 Å². The van der Waals surface area contributed by atoms with Crippen molar-refractivity contribution in [3.63, 3.8) is 0 Å². The fourth-order valence-electron chi connectivity index (χ4n) is 1.96. The molecule has 0 aliphatic heterocycles. The number of thiazole rings is 1. The van der Waals surface area contributed by atoms with Crippen molar-refractivity contribution in [1.82, 2.24) is 9.97 Å². The first kappa shape index (κ1) is 17.1. The molecule has 1 amide bonds. The van der Waals surface area contributed by atoms with E-state index in [1.165, 1.54) is 11.3 Å². The van der Waals surface area contributed by atoms with Crippen LogP contribution in [0.5, 0.6) is 0 Å². The number of pyridine rings is 1. The lowest BCUT2D eigenvalue weighted by molar-refractivity contribution is -0.142. The van der Waals surface area contributed by atoms with Crippen LogP contribution in [0.3, 0.4) is 0 Å². The van der Waals surface area contributed by atoms with Crippen molar-refractivity contribution in [2.75, 3.05) is 11.9 Å². The van der Waals surface area contributed by atoms with E-state index in [1.54, 1.807) is 18.5 Å². The van der Waals surface area contributed by atoms with Gasteiger partial charge in [0, 0.05) is 23.7 Å². The van der Waals surface area contributed by atoms with Crippen LogP contribution in [0.2, 0.25) is 0 Å². The molecule has 0 aliphatic rings. The number of esters is 1. The van der Waals surface area contributed by atoms with Crippen LogP contribution in [-0.2, 0) is 27.2 Å². The SMILES string of the molecule is CCOC(=O)Cc1csc(NC(=O)CCCc2ccccn2)n1. The maximum atomic E-state index is 11.9. The van der Waals surface area contributed by atoms with Gasteiger partial charge in [0.1, 0.15) is 0 Å². The van der Waals surface area contributed by atoms with Gasteiger partial charge in [-0.25, -0.2) is 4.98 Å². The zero-order valence-corrected chi connectivity index (χ0v) is 13.8. The molecular formula is C16H19N3O3S. The van der Waals surface area contributed by atoms with Gasteiger partial charge in [0.2, 0.25) is 5.91 Å². The first-order chi connectivity index (χ1) is 11.2. The first-order valence-corrected chi connectivity index (χ1v) is 8.35. The molecule has 0 spiro atoms. The standard InChI is InChI=1S/C16H19N3O3S/c1-2-22-15(21)10-13-11-23-16(18-13)19-14(20)8-5-7-12-6-3-4-9-17-12/h3-4,6,9,11H,2,5,7-8,10H2,1H3,(H,18,19,20). The molecule has 0 aromatic carbocycles. The van der Waals surface area contributed by atoms with Gasteiger partial charge in [-0.15, -0.1) is 11.3 Å². The third-order valence-electron chi connectivity index (χ3n) is 2.99. The number of anilines is 1. The predicted molar refractivity (Wildman–Crippen MR) is 88.3 cm³/mol. The summed E-state index contributed by atoms with van der Waals surface area (Å²) in [7, 11) is 0. The number of rotatable bonds is 8. The van der Waals surface area contributed by atoms with Crippen molar-refractivity contribution < 1.29 is 14.3 Å². The Hall–Kier alpha value is -2.28. The fraction of sp³-hybridized carbons (Fsp3) is 0.375. The molecule has 122 valence electrons. The van der Waals surface area contributed by atoms with Crippen LogP contribution >= 0.6 is 11.3 Å². The number of carbonyl (C=O) groups is 2. The van der Waals surface area contributed by atoms with Crippen LogP contribution in [0.4, 0.5) is 5.13 Å². The average Bonchev–Trinajstić information content (AvgIpc) is 2.95. The first-order valence-electron chi connectivity index (χ1n) is 7.47. The summed E-state index contributed by atoms with van der Waals surface area (Å²) in [5, 5.41) is 5.01. The lowest BCUT2D eigenvalue weighted by atomic mass is 10.2. The molecular weight excluding hydrogens is 314 g/mol. The van der Waals surface area contributed by atoms with Gasteiger partial charge in [-0.3, -0.25) is 14.6 Å². The molecule has 0 aliphatic carbocycles. The van der Waals surface area contributed by atoms with E-state index in [4.69, 9.17) is 4.74 Å². The second kappa shape index (κ2) is 8.99. The average molecular weight is 333 g/mol. The molecule has 1 N–H and O–H groups in total. The minimum absolute atomic E-state index is 0.0852. The van der Waals surface area contributed by atoms with E-state index in [0.717, 1.165) is 18.5 Å². The molecule has 0 unspecified atom stereocenters. The monoisotopic (exact) mass is 333 g/mol. The molecule has 0 radical (unpaired) electrons. The van der Waals surface area contributed by atoms with Crippen molar-refractivity contribution in [3.05, 3.63) is 41.2 Å². The number of ether oxygens (including phenoxy) is 1. The number of nitrogens with one attached hydrogen (secondary N) is 1. The zero-order valence-electron chi connectivity index (χ0n) is 12.9. The Morgan fingerprint density at radius 2 is 2.17 bits per heavy atom. The molecule has 6 nitrogen and oxygen atoms in total. The summed E-state index contributed by atoms with van der Waals surface area (Å²) in [6.07, 6.45) is 3.77. The van der Waals surface area contributed by atoms with Crippen LogP contribution < -0.4 is 5.32 Å². The second-order valence-corrected chi connectivity index (χ2v) is 5.71. The molecule has 2 heterocycles. The number of hydrogen-bond donors (Lipinski definition) is 1. The van der Waals surface area contributed by atoms with Crippen LogP contribution in [0.1, 0.15) is 31.2 Å². The van der Waals surface area contributed by atoms with Gasteiger partial charge in [0.15, 0.2) is 5.13 Å². The van der Waals surface area contributed by atoms with Crippen molar-refractivity contribution in [3.8, 4) is 0 Å². The largest absolute Gasteiger partial charge is 0.466 e. The Morgan fingerprint density at radius 3 is 2.91 bits per heavy atom. The molecule has 0 atom stereocenters. The van der Waals surface area contributed by atoms with Crippen LogP contribution in [-0.4, -0.2) is 28.5 Å². The summed E-state index contributed by atoms with van der Waals surface area (Å²) >= 11 is 1.30. The lowest BCUT2D eigenvalue weighted by Crippen LogP contribution is -2.12. The minimum atomic E-state index is -0.314. The van der Waals surface area contributed by atoms with Crippen LogP contribution in [0.15, 0.2) is 29.8 Å². The van der Waals surface area contributed by atoms with E-state index < -0.39 is 0 Å². The van der Waals surface area contributed by atoms with Gasteiger partial charge < -0.3 is 10.1 Å². The molecule has 0 saturated heterocycles. The minimum Gasteiger partial charge on any atom is -0.466 e. The number of hydrogen-bond acceptors (Lipinski definition) is 6. The third kappa shape index (κ3) is 6.15. The Labute approximate surface area is 138 Å². The van der Waals surface area contributed by atoms with Gasteiger partial charge in [-0.05, 0) is 31.9 Å². The second-order valence-electron chi connectivity index (χ2n) is 4.85. The zero-order chi connectivity index (χ0) is 16.5. The van der Waals surface area contributed by atoms with Crippen molar-refractivity contribution >= 4 is 28.3 Å². The Bertz CT molecular complexity index is 643. The number of aryl methyl sites for hydroxylation is 1. The van der Waals surface area contributed by atoms with Crippen LogP contribution in [0, 0.1) is 0 Å². The predicted octanol–water partition coefficient (Wildman–Crippen LogP) is 2.61. The Kier molecular flexibility index (Phi) is 6.68. The third-order valence-corrected chi connectivity index (χ3v) is 3.80. The van der Waals surface area contributed by atoms with Crippen LogP contribution in [0.25, 0.3) is 0 Å². The van der Waals surface area contributed by atoms with E-state index in [1.807, 2.05) is 18.2 Å². The highest BCUT2D eigenvalue weighted by molar-refractivity contribution is 7.13. The highest BCUT2D eigenvalue weighted by Crippen LogP contribution is 2.16. The van der Waals surface area contributed by atoms with Crippen molar-refractivity contribution in [2.24, 2.45) is 0 Å². The highest BCUT2D eigenvalue weighted by atomic mass is 32.1. The molecule has 0 bridgehead atoms. The maximum absolute atomic E-state index is 11.9. The Balaban J connectivity index is 1.73. The van der Waals surface area contributed by atoms with Gasteiger partial charge in [-0.2, -0.15) is 0 Å². The molecule has 2 aromatic heterocycles. The smallest absolute Gasteiger partial charge is 0.311 e. The summed E-state index contributed by atoms with van der Waals surface area (Å²) in [4.78, 5) is 31.7. The lowest BCUT2D eigenvalue weighted by Gasteiger charge is -2.02. The molecule has 0 saturated carbocycles. The normalized spacial score (nSPS) is 10.3. The maximum Gasteiger partial charge on any atom is 0.311 e. The summed E-state index contributed by atoms with van der Waals surface area (Å²) in [6.45, 7) is 2.11. The quantitative estimate of drug-likeness (QED) is 0.751. The van der Waals surface area contributed by atoms with E-state index >= 15 is 0 Å². The summed E-state index contributed by atoms with van der Waals surface area (Å²) < 4.78 is 4.86. The molecule has 2 rings (SSSR count). The number of amides is 1. The number of nitrogens with zero attached hydrogens (tertiary/aromatic N) is 2. The summed E-state index contributed by atoms with van der Waals surface area (Å²) in [5.74, 6) is -0.399. The van der Waals surface area contributed by atoms with Gasteiger partial charge in [-0.1, -0.05) is 6.07 Å². The van der Waals surface area contributed by atoms with E-state index in [-0.39, 0.29) is 18.3 Å². The highest BCUT2D eigenvalue weighted by Gasteiger charge is 2.10. The van der Waals surface area contributed by atoms with Crippen molar-refractivity contribution in [1.29, 1.82) is 0 Å². The van der Waals surface area contributed by atoms with Crippen molar-refractivity contribution in [2.45, 2.75) is 32.6 Å². The van der Waals surface area contributed by atoms with Gasteiger partial charge in [0.25, 0.3) is 0 Å². The molecule has 7 heteroatoms. The summed E-state index contributed by atoms with van der Waals surface area (Å²) in [6, 6.07) is 5.75. The molecule has 23 heavy (non-hydrogen) atoms.